The Morgan fingerprint density at radius 3 is 2.57 bits per heavy atom. The van der Waals surface area contributed by atoms with E-state index in [2.05, 4.69) is 25.6 Å². The lowest BCUT2D eigenvalue weighted by Crippen LogP contribution is -2.12. The first-order valence-electron chi connectivity index (χ1n) is 9.33. The maximum Gasteiger partial charge on any atom is 0.257 e. The largest absolute Gasteiger partial charge is 0.324 e. The summed E-state index contributed by atoms with van der Waals surface area (Å²) < 4.78 is 13.1. The fourth-order valence-corrected chi connectivity index (χ4v) is 3.28. The molecular weight excluding hydrogens is 381 g/mol. The minimum absolute atomic E-state index is 0.325. The van der Waals surface area contributed by atoms with E-state index in [-0.39, 0.29) is 11.7 Å². The zero-order valence-electron chi connectivity index (χ0n) is 15.7. The van der Waals surface area contributed by atoms with Crippen molar-refractivity contribution in [1.29, 1.82) is 0 Å². The number of H-pyrrole nitrogens is 1. The number of pyridine rings is 1. The highest BCUT2D eigenvalue weighted by molar-refractivity contribution is 6.11. The van der Waals surface area contributed by atoms with Crippen LogP contribution in [0.15, 0.2) is 79.0 Å². The van der Waals surface area contributed by atoms with Gasteiger partial charge in [-0.1, -0.05) is 30.3 Å². The van der Waals surface area contributed by atoms with Gasteiger partial charge < -0.3 is 15.6 Å². The molecule has 146 valence electrons. The molecule has 30 heavy (non-hydrogen) atoms. The Hall–Kier alpha value is -4.26. The second-order valence-electron chi connectivity index (χ2n) is 6.79. The molecule has 3 N–H and O–H groups in total. The monoisotopic (exact) mass is 397 g/mol. The molecule has 0 saturated heterocycles. The van der Waals surface area contributed by atoms with Gasteiger partial charge in [-0.15, -0.1) is 0 Å². The maximum atomic E-state index is 13.1. The number of hydrogen-bond donors (Lipinski definition) is 3. The summed E-state index contributed by atoms with van der Waals surface area (Å²) in [5.41, 5.74) is 2.16. The number of halogens is 1. The van der Waals surface area contributed by atoms with Crippen LogP contribution in [-0.2, 0) is 0 Å². The number of benzene rings is 3. The number of aromatic amines is 1. The van der Waals surface area contributed by atoms with Crippen LogP contribution >= 0.6 is 0 Å². The third-order valence-corrected chi connectivity index (χ3v) is 4.74. The molecule has 0 fully saturated rings. The molecular formula is C23H16FN5O. The Kier molecular flexibility index (Phi) is 4.33. The first-order chi connectivity index (χ1) is 14.7. The molecule has 3 aromatic carbocycles. The van der Waals surface area contributed by atoms with E-state index in [0.29, 0.717) is 34.1 Å². The molecule has 0 aliphatic rings. The van der Waals surface area contributed by atoms with Crippen molar-refractivity contribution in [2.75, 3.05) is 10.6 Å². The van der Waals surface area contributed by atoms with Crippen molar-refractivity contribution >= 4 is 45.2 Å². The summed E-state index contributed by atoms with van der Waals surface area (Å²) in [6.45, 7) is 0. The highest BCUT2D eigenvalue weighted by atomic mass is 19.1. The number of rotatable bonds is 4. The molecule has 0 unspecified atom stereocenters. The minimum Gasteiger partial charge on any atom is -0.324 e. The van der Waals surface area contributed by atoms with Crippen molar-refractivity contribution in [3.05, 3.63) is 90.4 Å². The summed E-state index contributed by atoms with van der Waals surface area (Å²) in [6.07, 6.45) is 1.79. The van der Waals surface area contributed by atoms with E-state index in [1.165, 1.54) is 24.3 Å². The number of nitrogens with one attached hydrogen (secondary N) is 3. The van der Waals surface area contributed by atoms with Gasteiger partial charge in [0.2, 0.25) is 5.95 Å². The van der Waals surface area contributed by atoms with E-state index in [0.717, 1.165) is 10.8 Å². The van der Waals surface area contributed by atoms with Crippen LogP contribution in [0.3, 0.4) is 0 Å². The van der Waals surface area contributed by atoms with Crippen molar-refractivity contribution in [3.8, 4) is 0 Å². The van der Waals surface area contributed by atoms with Crippen LogP contribution in [0.5, 0.6) is 0 Å². The molecule has 2 heterocycles. The third-order valence-electron chi connectivity index (χ3n) is 4.74. The molecule has 0 radical (unpaired) electrons. The predicted octanol–water partition coefficient (Wildman–Crippen LogP) is 5.25. The Bertz CT molecular complexity index is 1380. The summed E-state index contributed by atoms with van der Waals surface area (Å²) in [5.74, 6) is 0.439. The number of aromatic nitrogens is 3. The van der Waals surface area contributed by atoms with Gasteiger partial charge in [-0.2, -0.15) is 0 Å². The van der Waals surface area contributed by atoms with Crippen molar-refractivity contribution < 1.29 is 9.18 Å². The fraction of sp³-hybridized carbons (Fsp3) is 0. The molecule has 0 aliphatic heterocycles. The van der Waals surface area contributed by atoms with Gasteiger partial charge >= 0.3 is 0 Å². The normalized spacial score (nSPS) is 11.0. The zero-order chi connectivity index (χ0) is 20.5. The number of para-hydroxylation sites is 1. The molecule has 0 saturated carbocycles. The van der Waals surface area contributed by atoms with E-state index in [1.54, 1.807) is 18.3 Å². The van der Waals surface area contributed by atoms with E-state index in [4.69, 9.17) is 0 Å². The molecule has 5 rings (SSSR count). The van der Waals surface area contributed by atoms with Crippen LogP contribution in [0.4, 0.5) is 21.8 Å². The van der Waals surface area contributed by atoms with Gasteiger partial charge in [0.15, 0.2) is 0 Å². The summed E-state index contributed by atoms with van der Waals surface area (Å²) >= 11 is 0. The average Bonchev–Trinajstić information content (AvgIpc) is 3.17. The lowest BCUT2D eigenvalue weighted by atomic mass is 10.1. The first kappa shape index (κ1) is 17.8. The van der Waals surface area contributed by atoms with Gasteiger partial charge in [0.25, 0.3) is 5.91 Å². The molecule has 0 bridgehead atoms. The SMILES string of the molecule is O=C(Nc1ccc(F)cc1)c1cccc2[nH]c(Nc3cc4ccccc4cn3)nc12. The van der Waals surface area contributed by atoms with Gasteiger partial charge in [-0.05, 0) is 47.9 Å². The van der Waals surface area contributed by atoms with Crippen molar-refractivity contribution in [2.24, 2.45) is 0 Å². The van der Waals surface area contributed by atoms with E-state index >= 15 is 0 Å². The molecule has 5 aromatic rings. The second-order valence-corrected chi connectivity index (χ2v) is 6.79. The third kappa shape index (κ3) is 3.44. The Balaban J connectivity index is 1.43. The Morgan fingerprint density at radius 2 is 1.73 bits per heavy atom. The van der Waals surface area contributed by atoms with Crippen LogP contribution in [0.2, 0.25) is 0 Å². The van der Waals surface area contributed by atoms with E-state index < -0.39 is 0 Å². The van der Waals surface area contributed by atoms with Gasteiger partial charge in [0.1, 0.15) is 17.2 Å². The maximum absolute atomic E-state index is 13.1. The quantitative estimate of drug-likeness (QED) is 0.387. The molecule has 7 heteroatoms. The number of hydrogen-bond acceptors (Lipinski definition) is 4. The molecule has 0 aliphatic carbocycles. The summed E-state index contributed by atoms with van der Waals surface area (Å²) in [4.78, 5) is 24.9. The Morgan fingerprint density at radius 1 is 0.933 bits per heavy atom. The number of carbonyl (C=O) groups excluding carboxylic acids is 1. The second kappa shape index (κ2) is 7.29. The minimum atomic E-state index is -0.361. The van der Waals surface area contributed by atoms with Crippen molar-refractivity contribution in [1.82, 2.24) is 15.0 Å². The molecule has 2 aromatic heterocycles. The highest BCUT2D eigenvalue weighted by Gasteiger charge is 2.14. The van der Waals surface area contributed by atoms with Gasteiger partial charge in [0, 0.05) is 17.3 Å². The molecule has 0 spiro atoms. The molecule has 1 amide bonds. The van der Waals surface area contributed by atoms with Crippen molar-refractivity contribution in [2.45, 2.75) is 0 Å². The van der Waals surface area contributed by atoms with E-state index in [9.17, 15) is 9.18 Å². The van der Waals surface area contributed by atoms with E-state index in [1.807, 2.05) is 36.4 Å². The number of imidazole rings is 1. The standard InChI is InChI=1S/C23H16FN5O/c24-16-8-10-17(11-9-16)26-22(30)18-6-3-7-19-21(18)29-23(27-19)28-20-12-14-4-1-2-5-15(14)13-25-20/h1-13H,(H,26,30)(H2,25,27,28,29). The zero-order valence-corrected chi connectivity index (χ0v) is 15.7. The number of carbonyl (C=O) groups is 1. The number of fused-ring (bicyclic) bond motifs is 2. The lowest BCUT2D eigenvalue weighted by molar-refractivity contribution is 0.102. The summed E-state index contributed by atoms with van der Waals surface area (Å²) in [7, 11) is 0. The highest BCUT2D eigenvalue weighted by Crippen LogP contribution is 2.23. The number of anilines is 3. The smallest absolute Gasteiger partial charge is 0.257 e. The van der Waals surface area contributed by atoms with Crippen molar-refractivity contribution in [3.63, 3.8) is 0 Å². The topological polar surface area (TPSA) is 82.7 Å². The fourth-order valence-electron chi connectivity index (χ4n) is 3.28. The average molecular weight is 397 g/mol. The first-order valence-corrected chi connectivity index (χ1v) is 9.33. The summed E-state index contributed by atoms with van der Waals surface area (Å²) in [5, 5.41) is 8.03. The number of amides is 1. The Labute approximate surface area is 170 Å². The summed E-state index contributed by atoms with van der Waals surface area (Å²) in [6, 6.07) is 20.8. The van der Waals surface area contributed by atoms with Gasteiger partial charge in [-0.3, -0.25) is 4.79 Å². The predicted molar refractivity (Wildman–Crippen MR) is 115 cm³/mol. The van der Waals surface area contributed by atoms with Gasteiger partial charge in [-0.25, -0.2) is 14.4 Å². The van der Waals surface area contributed by atoms with Crippen LogP contribution < -0.4 is 10.6 Å². The van der Waals surface area contributed by atoms with Crippen LogP contribution in [0, 0.1) is 5.82 Å². The van der Waals surface area contributed by atoms with Crippen LogP contribution in [-0.4, -0.2) is 20.9 Å². The van der Waals surface area contributed by atoms with Gasteiger partial charge in [0.05, 0.1) is 11.1 Å². The van der Waals surface area contributed by atoms with Crippen LogP contribution in [0.1, 0.15) is 10.4 Å². The lowest BCUT2D eigenvalue weighted by Gasteiger charge is -2.05. The van der Waals surface area contributed by atoms with Crippen LogP contribution in [0.25, 0.3) is 21.8 Å². The number of nitrogens with zero attached hydrogens (tertiary/aromatic N) is 2. The molecule has 0 atom stereocenters. The molecule has 6 nitrogen and oxygen atoms in total.